The first-order chi connectivity index (χ1) is 17.7. The number of amides is 1. The molecule has 0 spiro atoms. The van der Waals surface area contributed by atoms with Crippen LogP contribution in [-0.4, -0.2) is 19.0 Å². The number of esters is 1. The van der Waals surface area contributed by atoms with Crippen LogP contribution >= 0.6 is 0 Å². The van der Waals surface area contributed by atoms with Gasteiger partial charge >= 0.3 is 5.97 Å². The third-order valence-corrected chi connectivity index (χ3v) is 7.35. The first-order valence-corrected chi connectivity index (χ1v) is 13.0. The van der Waals surface area contributed by atoms with Gasteiger partial charge in [-0.15, -0.1) is 0 Å². The number of carbonyl (C=O) groups is 2. The van der Waals surface area contributed by atoms with E-state index in [1.807, 2.05) is 18.2 Å². The molecule has 0 radical (unpaired) electrons. The summed E-state index contributed by atoms with van der Waals surface area (Å²) in [5.74, 6) is 0.951. The Balaban J connectivity index is 1.34. The molecule has 0 saturated heterocycles. The molecule has 194 valence electrons. The Morgan fingerprint density at radius 2 is 1.73 bits per heavy atom. The number of hydrogen-bond donors (Lipinski definition) is 1. The van der Waals surface area contributed by atoms with Gasteiger partial charge in [-0.05, 0) is 78.5 Å². The Labute approximate surface area is 220 Å². The lowest BCUT2D eigenvalue weighted by molar-refractivity contribution is -0.119. The normalized spacial score (nSPS) is 17.7. The Hall–Kier alpha value is -3.60. The van der Waals surface area contributed by atoms with Crippen LogP contribution in [0.2, 0.25) is 0 Å². The van der Waals surface area contributed by atoms with Gasteiger partial charge in [0.05, 0.1) is 19.1 Å². The van der Waals surface area contributed by atoms with Gasteiger partial charge in [0, 0.05) is 12.1 Å². The SMILES string of the molecule is COc1cc(CC(=O)NC2=CC=CC(=C3CCC(C(C)(C)C)CC3)C2)ccc1OC(=O)c1ccccc1. The van der Waals surface area contributed by atoms with Crippen molar-refractivity contribution in [3.63, 3.8) is 0 Å². The molecule has 0 aromatic heterocycles. The molecule has 5 heteroatoms. The standard InChI is InChI=1S/C32H37NO4/c1-32(2,3)26-16-14-23(15-17-26)25-11-8-12-27(21-25)33-30(34)20-22-13-18-28(29(19-22)36-4)37-31(35)24-9-6-5-7-10-24/h5-13,18-19,26H,14-17,20-21H2,1-4H3,(H,33,34). The lowest BCUT2D eigenvalue weighted by Gasteiger charge is -2.35. The molecule has 4 rings (SSSR count). The number of benzene rings is 2. The maximum atomic E-state index is 12.8. The highest BCUT2D eigenvalue weighted by Crippen LogP contribution is 2.41. The van der Waals surface area contributed by atoms with Crippen LogP contribution in [0.15, 0.2) is 83.6 Å². The quantitative estimate of drug-likeness (QED) is 0.345. The van der Waals surface area contributed by atoms with Crippen molar-refractivity contribution in [2.75, 3.05) is 7.11 Å². The van der Waals surface area contributed by atoms with Crippen LogP contribution in [0.4, 0.5) is 0 Å². The molecule has 2 aliphatic rings. The summed E-state index contributed by atoms with van der Waals surface area (Å²) in [4.78, 5) is 25.3. The summed E-state index contributed by atoms with van der Waals surface area (Å²) >= 11 is 0. The molecular formula is C32H37NO4. The maximum Gasteiger partial charge on any atom is 0.343 e. The first-order valence-electron chi connectivity index (χ1n) is 13.0. The van der Waals surface area contributed by atoms with Gasteiger partial charge in [-0.25, -0.2) is 4.79 Å². The number of methoxy groups -OCH3 is 1. The number of allylic oxidation sites excluding steroid dienone is 5. The molecule has 0 heterocycles. The minimum atomic E-state index is -0.460. The van der Waals surface area contributed by atoms with E-state index < -0.39 is 5.97 Å². The molecule has 1 amide bonds. The zero-order valence-electron chi connectivity index (χ0n) is 22.3. The fourth-order valence-electron chi connectivity index (χ4n) is 5.13. The lowest BCUT2D eigenvalue weighted by atomic mass is 9.70. The summed E-state index contributed by atoms with van der Waals surface area (Å²) in [6.07, 6.45) is 11.9. The van der Waals surface area contributed by atoms with Gasteiger partial charge in [-0.1, -0.05) is 62.8 Å². The van der Waals surface area contributed by atoms with Crippen molar-refractivity contribution in [1.29, 1.82) is 0 Å². The molecule has 2 aromatic carbocycles. The van der Waals surface area contributed by atoms with Crippen molar-refractivity contribution < 1.29 is 19.1 Å². The highest BCUT2D eigenvalue weighted by Gasteiger charge is 2.28. The first kappa shape index (κ1) is 26.5. The molecule has 2 aromatic rings. The van der Waals surface area contributed by atoms with E-state index in [4.69, 9.17) is 9.47 Å². The van der Waals surface area contributed by atoms with Crippen molar-refractivity contribution in [3.05, 3.63) is 94.7 Å². The van der Waals surface area contributed by atoms with E-state index in [1.54, 1.807) is 42.5 Å². The molecule has 0 aliphatic heterocycles. The third-order valence-electron chi connectivity index (χ3n) is 7.35. The van der Waals surface area contributed by atoms with Crippen LogP contribution in [0.25, 0.3) is 0 Å². The Morgan fingerprint density at radius 3 is 2.41 bits per heavy atom. The van der Waals surface area contributed by atoms with Gasteiger partial charge in [0.15, 0.2) is 11.5 Å². The molecule has 0 bridgehead atoms. The second kappa shape index (κ2) is 11.6. The van der Waals surface area contributed by atoms with E-state index in [0.717, 1.165) is 36.4 Å². The molecule has 0 unspecified atom stereocenters. The van der Waals surface area contributed by atoms with Crippen molar-refractivity contribution in [2.45, 2.75) is 59.3 Å². The minimum absolute atomic E-state index is 0.0848. The van der Waals surface area contributed by atoms with Gasteiger partial charge < -0.3 is 14.8 Å². The summed E-state index contributed by atoms with van der Waals surface area (Å²) in [6.45, 7) is 7.02. The Bertz CT molecular complexity index is 1220. The summed E-state index contributed by atoms with van der Waals surface area (Å²) in [6, 6.07) is 14.0. The molecule has 5 nitrogen and oxygen atoms in total. The van der Waals surface area contributed by atoms with Crippen molar-refractivity contribution in [2.24, 2.45) is 11.3 Å². The number of ether oxygens (including phenoxy) is 2. The smallest absolute Gasteiger partial charge is 0.343 e. The zero-order valence-corrected chi connectivity index (χ0v) is 22.3. The Morgan fingerprint density at radius 1 is 1.00 bits per heavy atom. The van der Waals surface area contributed by atoms with Gasteiger partial charge in [0.1, 0.15) is 0 Å². The molecule has 1 N–H and O–H groups in total. The molecule has 2 aliphatic carbocycles. The number of carbonyl (C=O) groups excluding carboxylic acids is 2. The monoisotopic (exact) mass is 499 g/mol. The van der Waals surface area contributed by atoms with Crippen LogP contribution in [0, 0.1) is 11.3 Å². The van der Waals surface area contributed by atoms with Crippen molar-refractivity contribution in [3.8, 4) is 11.5 Å². The van der Waals surface area contributed by atoms with E-state index in [1.165, 1.54) is 31.1 Å². The van der Waals surface area contributed by atoms with Crippen LogP contribution in [0.3, 0.4) is 0 Å². The fraction of sp³-hybridized carbons (Fsp3) is 0.375. The minimum Gasteiger partial charge on any atom is -0.493 e. The molecular weight excluding hydrogens is 462 g/mol. The fourth-order valence-corrected chi connectivity index (χ4v) is 5.13. The summed E-state index contributed by atoms with van der Waals surface area (Å²) in [5, 5.41) is 3.09. The molecule has 1 fully saturated rings. The van der Waals surface area contributed by atoms with E-state index in [-0.39, 0.29) is 12.3 Å². The van der Waals surface area contributed by atoms with E-state index >= 15 is 0 Å². The van der Waals surface area contributed by atoms with E-state index in [2.05, 4.69) is 32.2 Å². The topological polar surface area (TPSA) is 64.6 Å². The average Bonchev–Trinajstić information content (AvgIpc) is 2.89. The highest BCUT2D eigenvalue weighted by atomic mass is 16.6. The van der Waals surface area contributed by atoms with Gasteiger partial charge in [-0.2, -0.15) is 0 Å². The van der Waals surface area contributed by atoms with Gasteiger partial charge in [0.2, 0.25) is 5.91 Å². The predicted octanol–water partition coefficient (Wildman–Crippen LogP) is 6.95. The average molecular weight is 500 g/mol. The zero-order chi connectivity index (χ0) is 26.4. The number of hydrogen-bond acceptors (Lipinski definition) is 4. The number of nitrogens with one attached hydrogen (secondary N) is 1. The molecule has 1 saturated carbocycles. The number of rotatable bonds is 6. The van der Waals surface area contributed by atoms with Gasteiger partial charge in [0.25, 0.3) is 0 Å². The molecule has 0 atom stereocenters. The van der Waals surface area contributed by atoms with Crippen molar-refractivity contribution in [1.82, 2.24) is 5.32 Å². The summed E-state index contributed by atoms with van der Waals surface area (Å²) < 4.78 is 10.9. The maximum absolute atomic E-state index is 12.8. The summed E-state index contributed by atoms with van der Waals surface area (Å²) in [5.41, 5.74) is 5.40. The largest absolute Gasteiger partial charge is 0.493 e. The second-order valence-electron chi connectivity index (χ2n) is 11.0. The van der Waals surface area contributed by atoms with Crippen LogP contribution in [0.5, 0.6) is 11.5 Å². The lowest BCUT2D eigenvalue weighted by Crippen LogP contribution is -2.26. The van der Waals surface area contributed by atoms with Crippen LogP contribution in [0.1, 0.15) is 68.8 Å². The van der Waals surface area contributed by atoms with E-state index in [0.29, 0.717) is 22.5 Å². The predicted molar refractivity (Wildman–Crippen MR) is 147 cm³/mol. The third kappa shape index (κ3) is 7.00. The summed E-state index contributed by atoms with van der Waals surface area (Å²) in [7, 11) is 1.52. The Kier molecular flexibility index (Phi) is 8.32. The van der Waals surface area contributed by atoms with E-state index in [9.17, 15) is 9.59 Å². The molecule has 37 heavy (non-hydrogen) atoms. The van der Waals surface area contributed by atoms with Gasteiger partial charge in [-0.3, -0.25) is 4.79 Å². The van der Waals surface area contributed by atoms with Crippen LogP contribution < -0.4 is 14.8 Å². The van der Waals surface area contributed by atoms with Crippen LogP contribution in [-0.2, 0) is 11.2 Å². The van der Waals surface area contributed by atoms with Crippen molar-refractivity contribution >= 4 is 11.9 Å². The highest BCUT2D eigenvalue weighted by molar-refractivity contribution is 5.91. The second-order valence-corrected chi connectivity index (χ2v) is 11.0.